The molecular weight excluding hydrogens is 144 g/mol. The summed E-state index contributed by atoms with van der Waals surface area (Å²) in [5.74, 6) is -1.77. The van der Waals surface area contributed by atoms with E-state index in [0.29, 0.717) is 0 Å². The summed E-state index contributed by atoms with van der Waals surface area (Å²) in [6.45, 7) is 1.68. The zero-order valence-corrected chi connectivity index (χ0v) is 6.07. The Morgan fingerprint density at radius 1 is 1.64 bits per heavy atom. The van der Waals surface area contributed by atoms with Gasteiger partial charge >= 0.3 is 5.97 Å². The van der Waals surface area contributed by atoms with E-state index in [2.05, 4.69) is 0 Å². The lowest BCUT2D eigenvalue weighted by Crippen LogP contribution is -2.19. The summed E-state index contributed by atoms with van der Waals surface area (Å²) < 4.78 is 0. The third-order valence-electron chi connectivity index (χ3n) is 1.57. The number of carboxylic acid groups (broad SMARTS) is 1. The lowest BCUT2D eigenvalue weighted by molar-refractivity contribution is -0.135. The molecule has 0 aliphatic heterocycles. The standard InChI is InChI=1S/C8H8O3/c1-5-3-2-4-6(7(5)9)8(10)11/h2-5H,1H3,(H,10,11). The normalized spacial score (nSPS) is 23.2. The average molecular weight is 152 g/mol. The first-order chi connectivity index (χ1) is 5.13. The van der Waals surface area contributed by atoms with Crippen molar-refractivity contribution in [2.45, 2.75) is 6.92 Å². The predicted molar refractivity (Wildman–Crippen MR) is 39.0 cm³/mol. The second-order valence-corrected chi connectivity index (χ2v) is 2.42. The van der Waals surface area contributed by atoms with Crippen molar-refractivity contribution >= 4 is 11.8 Å². The maximum absolute atomic E-state index is 11.1. The van der Waals surface area contributed by atoms with Gasteiger partial charge in [-0.25, -0.2) is 4.79 Å². The molecule has 0 spiro atoms. The third kappa shape index (κ3) is 1.37. The van der Waals surface area contributed by atoms with Crippen molar-refractivity contribution in [3.63, 3.8) is 0 Å². The first-order valence-corrected chi connectivity index (χ1v) is 3.29. The van der Waals surface area contributed by atoms with Gasteiger partial charge in [0.25, 0.3) is 0 Å². The Bertz CT molecular complexity index is 261. The number of hydrogen-bond donors (Lipinski definition) is 1. The van der Waals surface area contributed by atoms with Crippen molar-refractivity contribution in [2.24, 2.45) is 5.92 Å². The fourth-order valence-electron chi connectivity index (χ4n) is 0.910. The number of carboxylic acids is 1. The second-order valence-electron chi connectivity index (χ2n) is 2.42. The molecule has 11 heavy (non-hydrogen) atoms. The van der Waals surface area contributed by atoms with E-state index in [9.17, 15) is 9.59 Å². The van der Waals surface area contributed by atoms with Crippen LogP contribution in [0.4, 0.5) is 0 Å². The topological polar surface area (TPSA) is 54.4 Å². The van der Waals surface area contributed by atoms with Crippen LogP contribution in [0.15, 0.2) is 23.8 Å². The van der Waals surface area contributed by atoms with Crippen molar-refractivity contribution in [2.75, 3.05) is 0 Å². The third-order valence-corrected chi connectivity index (χ3v) is 1.57. The summed E-state index contributed by atoms with van der Waals surface area (Å²) in [6, 6.07) is 0. The van der Waals surface area contributed by atoms with Gasteiger partial charge < -0.3 is 5.11 Å². The van der Waals surface area contributed by atoms with Gasteiger partial charge in [-0.2, -0.15) is 0 Å². The number of allylic oxidation sites excluding steroid dienone is 3. The molecule has 1 unspecified atom stereocenters. The molecule has 0 amide bonds. The monoisotopic (exact) mass is 152 g/mol. The SMILES string of the molecule is CC1C=CC=C(C(=O)O)C1=O. The van der Waals surface area contributed by atoms with Crippen LogP contribution < -0.4 is 0 Å². The maximum atomic E-state index is 11.1. The highest BCUT2D eigenvalue weighted by Gasteiger charge is 2.22. The lowest BCUT2D eigenvalue weighted by Gasteiger charge is -2.08. The molecule has 0 aromatic rings. The minimum atomic E-state index is -1.15. The largest absolute Gasteiger partial charge is 0.478 e. The highest BCUT2D eigenvalue weighted by atomic mass is 16.4. The van der Waals surface area contributed by atoms with E-state index in [0.717, 1.165) is 0 Å². The van der Waals surface area contributed by atoms with Crippen LogP contribution >= 0.6 is 0 Å². The van der Waals surface area contributed by atoms with Crippen molar-refractivity contribution < 1.29 is 14.7 Å². The predicted octanol–water partition coefficient (Wildman–Crippen LogP) is 0.772. The Morgan fingerprint density at radius 2 is 2.27 bits per heavy atom. The number of Topliss-reactive ketones (excluding diaryl/α,β-unsaturated/α-hetero) is 1. The average Bonchev–Trinajstić information content (AvgIpc) is 1.94. The van der Waals surface area contributed by atoms with Crippen LogP contribution in [0.5, 0.6) is 0 Å². The zero-order valence-electron chi connectivity index (χ0n) is 6.07. The smallest absolute Gasteiger partial charge is 0.339 e. The molecule has 0 saturated heterocycles. The molecule has 0 aromatic heterocycles. The van der Waals surface area contributed by atoms with E-state index in [1.165, 1.54) is 6.08 Å². The summed E-state index contributed by atoms with van der Waals surface area (Å²) in [5.41, 5.74) is -0.125. The van der Waals surface area contributed by atoms with Gasteiger partial charge in [0.15, 0.2) is 5.78 Å². The van der Waals surface area contributed by atoms with Crippen LogP contribution in [-0.4, -0.2) is 16.9 Å². The number of rotatable bonds is 1. The number of aliphatic carboxylic acids is 1. The number of ketones is 1. The van der Waals surface area contributed by atoms with Gasteiger partial charge in [-0.1, -0.05) is 19.1 Å². The number of carbonyl (C=O) groups is 2. The number of carbonyl (C=O) groups excluding carboxylic acids is 1. The van der Waals surface area contributed by atoms with Crippen LogP contribution in [0.25, 0.3) is 0 Å². The molecule has 3 nitrogen and oxygen atoms in total. The highest BCUT2D eigenvalue weighted by molar-refractivity contribution is 6.18. The van der Waals surface area contributed by atoms with E-state index in [1.807, 2.05) is 0 Å². The van der Waals surface area contributed by atoms with Gasteiger partial charge in [0.1, 0.15) is 5.57 Å². The van der Waals surface area contributed by atoms with Crippen molar-refractivity contribution in [3.05, 3.63) is 23.8 Å². The second kappa shape index (κ2) is 2.70. The van der Waals surface area contributed by atoms with Gasteiger partial charge in [0, 0.05) is 5.92 Å². The van der Waals surface area contributed by atoms with Crippen LogP contribution in [-0.2, 0) is 9.59 Å². The Hall–Kier alpha value is -1.38. The maximum Gasteiger partial charge on any atom is 0.339 e. The van der Waals surface area contributed by atoms with Gasteiger partial charge in [0.2, 0.25) is 0 Å². The Morgan fingerprint density at radius 3 is 2.73 bits per heavy atom. The van der Waals surface area contributed by atoms with E-state index < -0.39 is 5.97 Å². The molecule has 0 aromatic carbocycles. The van der Waals surface area contributed by atoms with Crippen LogP contribution in [0.3, 0.4) is 0 Å². The Kier molecular flexibility index (Phi) is 1.89. The molecule has 0 saturated carbocycles. The summed E-state index contributed by atoms with van der Waals surface area (Å²) in [6.07, 6.45) is 4.59. The minimum absolute atomic E-state index is 0.125. The summed E-state index contributed by atoms with van der Waals surface area (Å²) in [5, 5.41) is 8.50. The molecular formula is C8H8O3. The first kappa shape index (κ1) is 7.72. The Balaban J connectivity index is 2.96. The molecule has 1 aliphatic rings. The molecule has 1 aliphatic carbocycles. The van der Waals surface area contributed by atoms with E-state index in [4.69, 9.17) is 5.11 Å². The van der Waals surface area contributed by atoms with Gasteiger partial charge in [-0.05, 0) is 6.08 Å². The fourth-order valence-corrected chi connectivity index (χ4v) is 0.910. The molecule has 0 radical (unpaired) electrons. The zero-order chi connectivity index (χ0) is 8.43. The molecule has 0 bridgehead atoms. The number of hydrogen-bond acceptors (Lipinski definition) is 2. The molecule has 1 rings (SSSR count). The quantitative estimate of drug-likeness (QED) is 0.564. The fraction of sp³-hybridized carbons (Fsp3) is 0.250. The van der Waals surface area contributed by atoms with Gasteiger partial charge in [-0.15, -0.1) is 0 Å². The van der Waals surface area contributed by atoms with Crippen molar-refractivity contribution in [3.8, 4) is 0 Å². The van der Waals surface area contributed by atoms with Crippen molar-refractivity contribution in [1.82, 2.24) is 0 Å². The summed E-state index contributed by atoms with van der Waals surface area (Å²) in [7, 11) is 0. The van der Waals surface area contributed by atoms with E-state index >= 15 is 0 Å². The highest BCUT2D eigenvalue weighted by Crippen LogP contribution is 2.13. The van der Waals surface area contributed by atoms with Crippen molar-refractivity contribution in [1.29, 1.82) is 0 Å². The van der Waals surface area contributed by atoms with Crippen LogP contribution in [0, 0.1) is 5.92 Å². The molecule has 58 valence electrons. The van der Waals surface area contributed by atoms with E-state index in [-0.39, 0.29) is 17.3 Å². The molecule has 3 heteroatoms. The first-order valence-electron chi connectivity index (χ1n) is 3.29. The summed E-state index contributed by atoms with van der Waals surface area (Å²) in [4.78, 5) is 21.5. The van der Waals surface area contributed by atoms with E-state index in [1.54, 1.807) is 19.1 Å². The van der Waals surface area contributed by atoms with Gasteiger partial charge in [0.05, 0.1) is 0 Å². The van der Waals surface area contributed by atoms with Gasteiger partial charge in [-0.3, -0.25) is 4.79 Å². The molecule has 0 heterocycles. The molecule has 0 fully saturated rings. The van der Waals surface area contributed by atoms with Crippen LogP contribution in [0.2, 0.25) is 0 Å². The van der Waals surface area contributed by atoms with Crippen LogP contribution in [0.1, 0.15) is 6.92 Å². The summed E-state index contributed by atoms with van der Waals surface area (Å²) >= 11 is 0. The molecule has 1 N–H and O–H groups in total. The lowest BCUT2D eigenvalue weighted by atomic mass is 9.94. The molecule has 1 atom stereocenters. The Labute approximate surface area is 64.0 Å². The minimum Gasteiger partial charge on any atom is -0.478 e.